The van der Waals surface area contributed by atoms with E-state index in [2.05, 4.69) is 0 Å². The van der Waals surface area contributed by atoms with Crippen LogP contribution in [-0.4, -0.2) is 18.5 Å². The van der Waals surface area contributed by atoms with Crippen molar-refractivity contribution in [3.05, 3.63) is 35.6 Å². The average Bonchev–Trinajstić information content (AvgIpc) is 2.70. The molecule has 2 aromatic rings. The quantitative estimate of drug-likeness (QED) is 0.762. The lowest BCUT2D eigenvalue weighted by Gasteiger charge is -2.19. The molecule has 1 heterocycles. The van der Waals surface area contributed by atoms with Crippen LogP contribution in [0.5, 0.6) is 0 Å². The maximum Gasteiger partial charge on any atom is 0.229 e. The average molecular weight is 232 g/mol. The van der Waals surface area contributed by atoms with Crippen molar-refractivity contribution in [2.75, 3.05) is 7.11 Å². The van der Waals surface area contributed by atoms with Crippen molar-refractivity contribution in [1.82, 2.24) is 0 Å². The van der Waals surface area contributed by atoms with Gasteiger partial charge in [0.1, 0.15) is 11.2 Å². The highest BCUT2D eigenvalue weighted by molar-refractivity contribution is 6.02. The number of fused-ring (bicyclic) bond motifs is 1. The van der Waals surface area contributed by atoms with E-state index < -0.39 is 5.60 Å². The number of hydrogen-bond donors (Lipinski definition) is 0. The molecular formula is C14H16O3. The molecule has 0 spiro atoms. The molecule has 1 aromatic carbocycles. The standard InChI is InChI=1S/C14H16O3/c1-9-5-6-11-10(7-9)8-12(17-11)13(15)14(2,3)16-4/h5-8H,1-4H3. The van der Waals surface area contributed by atoms with Gasteiger partial charge in [-0.15, -0.1) is 0 Å². The van der Waals surface area contributed by atoms with Crippen LogP contribution in [0, 0.1) is 6.92 Å². The van der Waals surface area contributed by atoms with Crippen molar-refractivity contribution in [2.24, 2.45) is 0 Å². The zero-order valence-electron chi connectivity index (χ0n) is 10.5. The number of carbonyl (C=O) groups excluding carboxylic acids is 1. The number of aryl methyl sites for hydroxylation is 1. The third-order valence-electron chi connectivity index (χ3n) is 2.95. The Morgan fingerprint density at radius 2 is 2.00 bits per heavy atom. The van der Waals surface area contributed by atoms with Crippen LogP contribution in [0.2, 0.25) is 0 Å². The number of methoxy groups -OCH3 is 1. The molecule has 0 aliphatic carbocycles. The number of rotatable bonds is 3. The van der Waals surface area contributed by atoms with Crippen molar-refractivity contribution in [2.45, 2.75) is 26.4 Å². The van der Waals surface area contributed by atoms with Gasteiger partial charge in [-0.25, -0.2) is 0 Å². The van der Waals surface area contributed by atoms with Crippen molar-refractivity contribution < 1.29 is 13.9 Å². The van der Waals surface area contributed by atoms with Gasteiger partial charge >= 0.3 is 0 Å². The molecule has 0 atom stereocenters. The number of carbonyl (C=O) groups is 1. The highest BCUT2D eigenvalue weighted by Crippen LogP contribution is 2.24. The molecule has 2 rings (SSSR count). The molecule has 1 aromatic heterocycles. The molecule has 17 heavy (non-hydrogen) atoms. The van der Waals surface area contributed by atoms with Crippen LogP contribution in [-0.2, 0) is 4.74 Å². The van der Waals surface area contributed by atoms with E-state index in [-0.39, 0.29) is 5.78 Å². The second-order valence-corrected chi connectivity index (χ2v) is 4.70. The van der Waals surface area contributed by atoms with Gasteiger partial charge in [0, 0.05) is 12.5 Å². The largest absolute Gasteiger partial charge is 0.453 e. The SMILES string of the molecule is COC(C)(C)C(=O)c1cc2cc(C)ccc2o1. The molecule has 0 N–H and O–H groups in total. The Morgan fingerprint density at radius 1 is 1.29 bits per heavy atom. The molecule has 0 aliphatic heterocycles. The highest BCUT2D eigenvalue weighted by atomic mass is 16.5. The van der Waals surface area contributed by atoms with Gasteiger partial charge in [0.2, 0.25) is 5.78 Å². The van der Waals surface area contributed by atoms with E-state index in [9.17, 15) is 4.79 Å². The fraction of sp³-hybridized carbons (Fsp3) is 0.357. The molecule has 0 unspecified atom stereocenters. The van der Waals surface area contributed by atoms with Gasteiger partial charge in [-0.1, -0.05) is 11.6 Å². The summed E-state index contributed by atoms with van der Waals surface area (Å²) in [6.07, 6.45) is 0. The summed E-state index contributed by atoms with van der Waals surface area (Å²) in [4.78, 5) is 12.1. The molecule has 0 radical (unpaired) electrons. The minimum absolute atomic E-state index is 0.145. The molecule has 0 bridgehead atoms. The summed E-state index contributed by atoms with van der Waals surface area (Å²) >= 11 is 0. The van der Waals surface area contributed by atoms with E-state index in [0.29, 0.717) is 5.76 Å². The van der Waals surface area contributed by atoms with Crippen LogP contribution in [0.3, 0.4) is 0 Å². The summed E-state index contributed by atoms with van der Waals surface area (Å²) in [5.41, 5.74) is 1.01. The zero-order chi connectivity index (χ0) is 12.6. The molecule has 0 aliphatic rings. The molecule has 3 nitrogen and oxygen atoms in total. The predicted molar refractivity (Wildman–Crippen MR) is 66.4 cm³/mol. The summed E-state index contributed by atoms with van der Waals surface area (Å²) in [5.74, 6) is 0.200. The van der Waals surface area contributed by atoms with Gasteiger partial charge in [-0.2, -0.15) is 0 Å². The lowest BCUT2D eigenvalue weighted by Crippen LogP contribution is -2.33. The summed E-state index contributed by atoms with van der Waals surface area (Å²) < 4.78 is 10.7. The van der Waals surface area contributed by atoms with E-state index >= 15 is 0 Å². The fourth-order valence-electron chi connectivity index (χ4n) is 1.66. The number of benzene rings is 1. The van der Waals surface area contributed by atoms with Crippen LogP contribution in [0.15, 0.2) is 28.7 Å². The molecular weight excluding hydrogens is 216 g/mol. The highest BCUT2D eigenvalue weighted by Gasteiger charge is 2.30. The summed E-state index contributed by atoms with van der Waals surface area (Å²) in [6, 6.07) is 7.60. The Hall–Kier alpha value is -1.61. The van der Waals surface area contributed by atoms with Crippen LogP contribution in [0.25, 0.3) is 11.0 Å². The lowest BCUT2D eigenvalue weighted by atomic mass is 10.0. The number of ether oxygens (including phenoxy) is 1. The monoisotopic (exact) mass is 232 g/mol. The van der Waals surface area contributed by atoms with Gasteiger partial charge in [-0.05, 0) is 39.0 Å². The number of Topliss-reactive ketones (excluding diaryl/α,β-unsaturated/α-hetero) is 1. The van der Waals surface area contributed by atoms with Gasteiger partial charge in [0.15, 0.2) is 5.76 Å². The minimum Gasteiger partial charge on any atom is -0.453 e. The minimum atomic E-state index is -0.858. The van der Waals surface area contributed by atoms with Crippen LogP contribution in [0.1, 0.15) is 30.0 Å². The number of furan rings is 1. The van der Waals surface area contributed by atoms with E-state index in [4.69, 9.17) is 9.15 Å². The second-order valence-electron chi connectivity index (χ2n) is 4.70. The zero-order valence-corrected chi connectivity index (χ0v) is 10.5. The van der Waals surface area contributed by atoms with E-state index in [1.807, 2.05) is 25.1 Å². The van der Waals surface area contributed by atoms with Crippen LogP contribution >= 0.6 is 0 Å². The molecule has 90 valence electrons. The van der Waals surface area contributed by atoms with Gasteiger partial charge < -0.3 is 9.15 Å². The first-order valence-corrected chi connectivity index (χ1v) is 5.54. The Bertz CT molecular complexity index is 564. The van der Waals surface area contributed by atoms with E-state index in [0.717, 1.165) is 16.5 Å². The first kappa shape index (κ1) is 11.9. The number of ketones is 1. The lowest BCUT2D eigenvalue weighted by molar-refractivity contribution is 0.0206. The molecule has 3 heteroatoms. The van der Waals surface area contributed by atoms with Crippen LogP contribution in [0.4, 0.5) is 0 Å². The fourth-order valence-corrected chi connectivity index (χ4v) is 1.66. The first-order valence-electron chi connectivity index (χ1n) is 5.54. The van der Waals surface area contributed by atoms with Crippen molar-refractivity contribution in [3.63, 3.8) is 0 Å². The smallest absolute Gasteiger partial charge is 0.229 e. The van der Waals surface area contributed by atoms with Gasteiger partial charge in [0.05, 0.1) is 0 Å². The van der Waals surface area contributed by atoms with Gasteiger partial charge in [-0.3, -0.25) is 4.79 Å². The Kier molecular flexibility index (Phi) is 2.79. The maximum atomic E-state index is 12.1. The summed E-state index contributed by atoms with van der Waals surface area (Å²) in [5, 5.41) is 0.945. The molecule has 0 amide bonds. The van der Waals surface area contributed by atoms with Crippen molar-refractivity contribution in [1.29, 1.82) is 0 Å². The maximum absolute atomic E-state index is 12.1. The Labute approximate surface area is 100 Å². The molecule has 0 saturated carbocycles. The molecule has 0 saturated heterocycles. The first-order chi connectivity index (χ1) is 7.94. The van der Waals surface area contributed by atoms with Crippen LogP contribution < -0.4 is 0 Å². The van der Waals surface area contributed by atoms with Crippen molar-refractivity contribution >= 4 is 16.8 Å². The number of hydrogen-bond acceptors (Lipinski definition) is 3. The molecule has 0 fully saturated rings. The normalized spacial score (nSPS) is 12.0. The summed E-state index contributed by atoms with van der Waals surface area (Å²) in [6.45, 7) is 5.47. The van der Waals surface area contributed by atoms with Crippen molar-refractivity contribution in [3.8, 4) is 0 Å². The van der Waals surface area contributed by atoms with Gasteiger partial charge in [0.25, 0.3) is 0 Å². The predicted octanol–water partition coefficient (Wildman–Crippen LogP) is 3.35. The second kappa shape index (κ2) is 4.00. The topological polar surface area (TPSA) is 39.4 Å². The van der Waals surface area contributed by atoms with E-state index in [1.54, 1.807) is 19.9 Å². The van der Waals surface area contributed by atoms with E-state index in [1.165, 1.54) is 7.11 Å². The third-order valence-corrected chi connectivity index (χ3v) is 2.95. The third kappa shape index (κ3) is 2.11. The Balaban J connectivity index is 2.47. The summed E-state index contributed by atoms with van der Waals surface area (Å²) in [7, 11) is 1.52. The Morgan fingerprint density at radius 3 is 2.65 bits per heavy atom.